The highest BCUT2D eigenvalue weighted by Gasteiger charge is 2.51. The summed E-state index contributed by atoms with van der Waals surface area (Å²) in [6.07, 6.45) is 1.06. The van der Waals surface area contributed by atoms with E-state index in [2.05, 4.69) is 59.7 Å². The summed E-state index contributed by atoms with van der Waals surface area (Å²) in [4.78, 5) is 0. The molecule has 0 bridgehead atoms. The summed E-state index contributed by atoms with van der Waals surface area (Å²) in [6, 6.07) is 6.52. The number of aryl methyl sites for hydroxylation is 2. The van der Waals surface area contributed by atoms with Crippen LogP contribution in [0.3, 0.4) is 0 Å². The standard InChI is InChI=1S/C15H23BO2/c1-7-12-8-9-13(11(2)10-12)16-17-14(3,4)15(5,6)18-16/h8-10H,7H2,1-6H3. The summed E-state index contributed by atoms with van der Waals surface area (Å²) >= 11 is 0. The van der Waals surface area contributed by atoms with Crippen LogP contribution in [0.15, 0.2) is 18.2 Å². The second-order valence-electron chi connectivity index (χ2n) is 6.13. The van der Waals surface area contributed by atoms with Crippen molar-refractivity contribution in [3.05, 3.63) is 29.3 Å². The van der Waals surface area contributed by atoms with E-state index in [9.17, 15) is 0 Å². The molecule has 0 aliphatic carbocycles. The highest BCUT2D eigenvalue weighted by molar-refractivity contribution is 6.62. The Labute approximate surface area is 111 Å². The van der Waals surface area contributed by atoms with Crippen molar-refractivity contribution in [1.29, 1.82) is 0 Å². The third-order valence-corrected chi connectivity index (χ3v) is 4.25. The van der Waals surface area contributed by atoms with Crippen molar-refractivity contribution in [2.24, 2.45) is 0 Å². The van der Waals surface area contributed by atoms with Gasteiger partial charge in [-0.15, -0.1) is 0 Å². The molecule has 2 nitrogen and oxygen atoms in total. The fourth-order valence-corrected chi connectivity index (χ4v) is 2.19. The van der Waals surface area contributed by atoms with Gasteiger partial charge in [-0.25, -0.2) is 0 Å². The number of hydrogen-bond donors (Lipinski definition) is 0. The van der Waals surface area contributed by atoms with Crippen molar-refractivity contribution in [2.75, 3.05) is 0 Å². The van der Waals surface area contributed by atoms with Gasteiger partial charge in [-0.05, 0) is 52.1 Å². The molecule has 1 saturated heterocycles. The Morgan fingerprint density at radius 2 is 1.61 bits per heavy atom. The van der Waals surface area contributed by atoms with Gasteiger partial charge in [0.15, 0.2) is 0 Å². The normalized spacial score (nSPS) is 21.3. The smallest absolute Gasteiger partial charge is 0.399 e. The highest BCUT2D eigenvalue weighted by Crippen LogP contribution is 2.36. The molecule has 1 heterocycles. The van der Waals surface area contributed by atoms with E-state index >= 15 is 0 Å². The molecule has 0 radical (unpaired) electrons. The molecule has 1 aromatic rings. The summed E-state index contributed by atoms with van der Waals surface area (Å²) in [5.74, 6) is 0. The summed E-state index contributed by atoms with van der Waals surface area (Å²) in [5, 5.41) is 0. The number of rotatable bonds is 2. The molecule has 3 heteroatoms. The van der Waals surface area contributed by atoms with E-state index < -0.39 is 0 Å². The summed E-state index contributed by atoms with van der Waals surface area (Å²) in [5.41, 5.74) is 3.20. The first-order valence-electron chi connectivity index (χ1n) is 6.72. The summed E-state index contributed by atoms with van der Waals surface area (Å²) in [6.45, 7) is 12.6. The molecule has 98 valence electrons. The van der Waals surface area contributed by atoms with Crippen LogP contribution in [0, 0.1) is 6.92 Å². The second-order valence-corrected chi connectivity index (χ2v) is 6.13. The fraction of sp³-hybridized carbons (Fsp3) is 0.600. The van der Waals surface area contributed by atoms with Gasteiger partial charge < -0.3 is 9.31 Å². The van der Waals surface area contributed by atoms with Gasteiger partial charge in [0.2, 0.25) is 0 Å². The molecule has 2 rings (SSSR count). The number of hydrogen-bond acceptors (Lipinski definition) is 2. The van der Waals surface area contributed by atoms with Gasteiger partial charge in [-0.3, -0.25) is 0 Å². The average Bonchev–Trinajstić information content (AvgIpc) is 2.47. The van der Waals surface area contributed by atoms with Crippen LogP contribution in [-0.2, 0) is 15.7 Å². The summed E-state index contributed by atoms with van der Waals surface area (Å²) < 4.78 is 12.2. The lowest BCUT2D eigenvalue weighted by Crippen LogP contribution is -2.41. The number of benzene rings is 1. The molecular weight excluding hydrogens is 223 g/mol. The predicted octanol–water partition coefficient (Wildman–Crippen LogP) is 2.86. The Hall–Kier alpha value is -0.795. The first-order chi connectivity index (χ1) is 8.27. The molecule has 1 aliphatic heterocycles. The topological polar surface area (TPSA) is 18.5 Å². The van der Waals surface area contributed by atoms with Gasteiger partial charge in [-0.2, -0.15) is 0 Å². The highest BCUT2D eigenvalue weighted by atomic mass is 16.7. The average molecular weight is 246 g/mol. The van der Waals surface area contributed by atoms with E-state index in [1.165, 1.54) is 11.1 Å². The van der Waals surface area contributed by atoms with Gasteiger partial charge in [0.25, 0.3) is 0 Å². The zero-order valence-electron chi connectivity index (χ0n) is 12.3. The lowest BCUT2D eigenvalue weighted by molar-refractivity contribution is 0.00578. The Morgan fingerprint density at radius 3 is 2.06 bits per heavy atom. The molecule has 18 heavy (non-hydrogen) atoms. The third kappa shape index (κ3) is 2.22. The third-order valence-electron chi connectivity index (χ3n) is 4.25. The van der Waals surface area contributed by atoms with Crippen molar-refractivity contribution in [1.82, 2.24) is 0 Å². The van der Waals surface area contributed by atoms with Crippen molar-refractivity contribution in [3.63, 3.8) is 0 Å². The predicted molar refractivity (Wildman–Crippen MR) is 76.3 cm³/mol. The zero-order chi connectivity index (χ0) is 13.6. The van der Waals surface area contributed by atoms with Crippen LogP contribution in [0.25, 0.3) is 0 Å². The van der Waals surface area contributed by atoms with E-state index in [0.29, 0.717) is 0 Å². The van der Waals surface area contributed by atoms with Crippen molar-refractivity contribution in [3.8, 4) is 0 Å². The molecule has 0 atom stereocenters. The largest absolute Gasteiger partial charge is 0.495 e. The van der Waals surface area contributed by atoms with Crippen molar-refractivity contribution < 1.29 is 9.31 Å². The van der Waals surface area contributed by atoms with Crippen molar-refractivity contribution >= 4 is 12.6 Å². The minimum atomic E-state index is -0.270. The molecule has 0 N–H and O–H groups in total. The van der Waals surface area contributed by atoms with Gasteiger partial charge in [0.1, 0.15) is 0 Å². The van der Waals surface area contributed by atoms with Gasteiger partial charge in [0.05, 0.1) is 11.2 Å². The fourth-order valence-electron chi connectivity index (χ4n) is 2.19. The minimum Gasteiger partial charge on any atom is -0.399 e. The second kappa shape index (κ2) is 4.39. The molecular formula is C15H23BO2. The molecule has 0 saturated carbocycles. The Bertz CT molecular complexity index is 436. The van der Waals surface area contributed by atoms with E-state index in [1.54, 1.807) is 0 Å². The molecule has 1 aliphatic rings. The quantitative estimate of drug-likeness (QED) is 0.747. The maximum absolute atomic E-state index is 6.08. The van der Waals surface area contributed by atoms with Gasteiger partial charge >= 0.3 is 7.12 Å². The summed E-state index contributed by atoms with van der Waals surface area (Å²) in [7, 11) is -0.249. The molecule has 0 unspecified atom stereocenters. The van der Waals surface area contributed by atoms with Crippen LogP contribution in [0.4, 0.5) is 0 Å². The Kier molecular flexibility index (Phi) is 3.33. The molecule has 0 amide bonds. The van der Waals surface area contributed by atoms with Crippen LogP contribution in [0.5, 0.6) is 0 Å². The minimum absolute atomic E-state index is 0.249. The van der Waals surface area contributed by atoms with Crippen LogP contribution >= 0.6 is 0 Å². The Morgan fingerprint density at radius 1 is 1.06 bits per heavy atom. The molecule has 0 spiro atoms. The maximum atomic E-state index is 6.08. The van der Waals surface area contributed by atoms with Gasteiger partial charge in [0, 0.05) is 0 Å². The van der Waals surface area contributed by atoms with Crippen LogP contribution < -0.4 is 5.46 Å². The van der Waals surface area contributed by atoms with Crippen molar-refractivity contribution in [2.45, 2.75) is 59.2 Å². The molecule has 0 aromatic heterocycles. The van der Waals surface area contributed by atoms with Crippen LogP contribution in [0.2, 0.25) is 0 Å². The van der Waals surface area contributed by atoms with E-state index in [0.717, 1.165) is 11.9 Å². The van der Waals surface area contributed by atoms with E-state index in [4.69, 9.17) is 9.31 Å². The maximum Gasteiger partial charge on any atom is 0.495 e. The lowest BCUT2D eigenvalue weighted by atomic mass is 9.76. The first kappa shape index (κ1) is 13.6. The monoisotopic (exact) mass is 246 g/mol. The molecule has 1 fully saturated rings. The van der Waals surface area contributed by atoms with Crippen LogP contribution in [-0.4, -0.2) is 18.3 Å². The zero-order valence-corrected chi connectivity index (χ0v) is 12.3. The molecule has 1 aromatic carbocycles. The van der Waals surface area contributed by atoms with E-state index in [-0.39, 0.29) is 18.3 Å². The SMILES string of the molecule is CCc1ccc(B2OC(C)(C)C(C)(C)O2)c(C)c1. The van der Waals surface area contributed by atoms with Gasteiger partial charge in [-0.1, -0.05) is 30.7 Å². The lowest BCUT2D eigenvalue weighted by Gasteiger charge is -2.32. The van der Waals surface area contributed by atoms with E-state index in [1.807, 2.05) is 0 Å². The first-order valence-corrected chi connectivity index (χ1v) is 6.72. The van der Waals surface area contributed by atoms with Crippen LogP contribution in [0.1, 0.15) is 45.7 Å². The Balaban J connectivity index is 2.30.